The number of nitrogens with one attached hydrogen (secondary N) is 2. The zero-order valence-corrected chi connectivity index (χ0v) is 14.6. The molecule has 0 aromatic heterocycles. The first-order valence-electron chi connectivity index (χ1n) is 7.81. The van der Waals surface area contributed by atoms with E-state index in [2.05, 4.69) is 5.32 Å². The van der Waals surface area contributed by atoms with Crippen molar-refractivity contribution in [1.29, 1.82) is 0 Å². The van der Waals surface area contributed by atoms with E-state index in [-0.39, 0.29) is 16.2 Å². The number of carbonyl (C=O) groups is 2. The smallest absolute Gasteiger partial charge is 0.337 e. The standard InChI is InChI=1S/C18H10F2N2O5S/c19-11-6-10(18(24)25)14(7-12(11)20)22-28(26,27)15-5-4-13-16-8(15)2-1-3-9(16)17(23)21-13/h1-7,22H,(H,21,23)(H,24,25). The number of sulfonamides is 1. The van der Waals surface area contributed by atoms with Crippen LogP contribution in [-0.4, -0.2) is 25.4 Å². The number of benzene rings is 3. The van der Waals surface area contributed by atoms with E-state index < -0.39 is 38.9 Å². The van der Waals surface area contributed by atoms with Crippen LogP contribution in [0.25, 0.3) is 10.8 Å². The Hall–Kier alpha value is -3.53. The Morgan fingerprint density at radius 3 is 2.50 bits per heavy atom. The molecule has 3 aromatic rings. The van der Waals surface area contributed by atoms with Gasteiger partial charge in [-0.1, -0.05) is 12.1 Å². The molecule has 28 heavy (non-hydrogen) atoms. The summed E-state index contributed by atoms with van der Waals surface area (Å²) < 4.78 is 54.7. The van der Waals surface area contributed by atoms with Gasteiger partial charge in [0.15, 0.2) is 11.6 Å². The Morgan fingerprint density at radius 2 is 1.79 bits per heavy atom. The number of amides is 1. The molecule has 142 valence electrons. The maximum Gasteiger partial charge on any atom is 0.337 e. The molecule has 4 rings (SSSR count). The van der Waals surface area contributed by atoms with E-state index in [1.54, 1.807) is 0 Å². The Kier molecular flexibility index (Phi) is 3.82. The van der Waals surface area contributed by atoms with Crippen molar-refractivity contribution in [3.8, 4) is 0 Å². The summed E-state index contributed by atoms with van der Waals surface area (Å²) in [5.41, 5.74) is -0.633. The number of carbonyl (C=O) groups excluding carboxylic acids is 1. The van der Waals surface area contributed by atoms with E-state index in [1.165, 1.54) is 30.3 Å². The van der Waals surface area contributed by atoms with E-state index in [0.717, 1.165) is 0 Å². The van der Waals surface area contributed by atoms with Gasteiger partial charge in [-0.05, 0) is 24.3 Å². The summed E-state index contributed by atoms with van der Waals surface area (Å²) in [4.78, 5) is 23.0. The van der Waals surface area contributed by atoms with Crippen LogP contribution in [0.4, 0.5) is 20.2 Å². The Labute approximate surface area is 156 Å². The van der Waals surface area contributed by atoms with Crippen LogP contribution in [-0.2, 0) is 10.0 Å². The number of rotatable bonds is 4. The lowest BCUT2D eigenvalue weighted by Crippen LogP contribution is -2.16. The van der Waals surface area contributed by atoms with Gasteiger partial charge < -0.3 is 10.4 Å². The molecule has 1 aliphatic rings. The molecule has 3 N–H and O–H groups in total. The summed E-state index contributed by atoms with van der Waals surface area (Å²) in [7, 11) is -4.39. The van der Waals surface area contributed by atoms with Crippen LogP contribution in [0.2, 0.25) is 0 Å². The minimum absolute atomic E-state index is 0.223. The van der Waals surface area contributed by atoms with E-state index in [4.69, 9.17) is 5.11 Å². The number of hydrogen-bond donors (Lipinski definition) is 3. The maximum atomic E-state index is 13.6. The third-order valence-electron chi connectivity index (χ3n) is 4.32. The van der Waals surface area contributed by atoms with Crippen LogP contribution in [0.15, 0.2) is 47.4 Å². The molecule has 0 spiro atoms. The highest BCUT2D eigenvalue weighted by molar-refractivity contribution is 7.93. The van der Waals surface area contributed by atoms with Crippen LogP contribution >= 0.6 is 0 Å². The molecule has 0 aliphatic carbocycles. The van der Waals surface area contributed by atoms with Crippen molar-refractivity contribution < 1.29 is 31.9 Å². The molecule has 0 radical (unpaired) electrons. The molecule has 0 fully saturated rings. The van der Waals surface area contributed by atoms with Crippen LogP contribution in [0.1, 0.15) is 20.7 Å². The van der Waals surface area contributed by atoms with Gasteiger partial charge in [0.25, 0.3) is 15.9 Å². The van der Waals surface area contributed by atoms with Gasteiger partial charge >= 0.3 is 5.97 Å². The van der Waals surface area contributed by atoms with Gasteiger partial charge in [-0.25, -0.2) is 22.0 Å². The van der Waals surface area contributed by atoms with Crippen LogP contribution in [0.3, 0.4) is 0 Å². The predicted octanol–water partition coefficient (Wildman–Crippen LogP) is 3.18. The van der Waals surface area contributed by atoms with Crippen molar-refractivity contribution in [2.75, 3.05) is 10.0 Å². The van der Waals surface area contributed by atoms with E-state index in [9.17, 15) is 26.8 Å². The van der Waals surface area contributed by atoms with Crippen molar-refractivity contribution in [3.63, 3.8) is 0 Å². The zero-order chi connectivity index (χ0) is 20.2. The Bertz CT molecular complexity index is 1310. The molecular formula is C18H10F2N2O5S. The molecular weight excluding hydrogens is 394 g/mol. The van der Waals surface area contributed by atoms with Crippen molar-refractivity contribution in [1.82, 2.24) is 0 Å². The van der Waals surface area contributed by atoms with Crippen LogP contribution < -0.4 is 10.0 Å². The number of anilines is 2. The minimum Gasteiger partial charge on any atom is -0.478 e. The van der Waals surface area contributed by atoms with Gasteiger partial charge in [-0.2, -0.15) is 0 Å². The highest BCUT2D eigenvalue weighted by Crippen LogP contribution is 2.37. The van der Waals surface area contributed by atoms with Crippen molar-refractivity contribution in [3.05, 3.63) is 65.2 Å². The quantitative estimate of drug-likeness (QED) is 0.618. The van der Waals surface area contributed by atoms with Crippen molar-refractivity contribution >= 4 is 44.0 Å². The van der Waals surface area contributed by atoms with E-state index >= 15 is 0 Å². The summed E-state index contributed by atoms with van der Waals surface area (Å²) in [6, 6.07) is 8.01. The summed E-state index contributed by atoms with van der Waals surface area (Å²) in [6.45, 7) is 0. The third kappa shape index (κ3) is 2.65. The third-order valence-corrected chi connectivity index (χ3v) is 5.74. The van der Waals surface area contributed by atoms with Gasteiger partial charge in [0.2, 0.25) is 0 Å². The number of carboxylic acids is 1. The lowest BCUT2D eigenvalue weighted by Gasteiger charge is -2.13. The molecule has 1 heterocycles. The summed E-state index contributed by atoms with van der Waals surface area (Å²) >= 11 is 0. The predicted molar refractivity (Wildman–Crippen MR) is 96.0 cm³/mol. The summed E-state index contributed by atoms with van der Waals surface area (Å²) in [5.74, 6) is -4.84. The summed E-state index contributed by atoms with van der Waals surface area (Å²) in [6.07, 6.45) is 0. The molecule has 0 saturated heterocycles. The number of carboxylic acid groups (broad SMARTS) is 1. The van der Waals surface area contributed by atoms with E-state index in [0.29, 0.717) is 28.8 Å². The minimum atomic E-state index is -4.39. The summed E-state index contributed by atoms with van der Waals surface area (Å²) in [5, 5.41) is 12.4. The zero-order valence-electron chi connectivity index (χ0n) is 13.8. The average molecular weight is 404 g/mol. The lowest BCUT2D eigenvalue weighted by atomic mass is 10.1. The molecule has 0 atom stereocenters. The number of aromatic carboxylic acids is 1. The molecule has 0 bridgehead atoms. The highest BCUT2D eigenvalue weighted by atomic mass is 32.2. The first kappa shape index (κ1) is 17.9. The molecule has 3 aromatic carbocycles. The van der Waals surface area contributed by atoms with Gasteiger partial charge in [0, 0.05) is 28.1 Å². The molecule has 10 heteroatoms. The lowest BCUT2D eigenvalue weighted by molar-refractivity contribution is 0.0697. The number of hydrogen-bond acceptors (Lipinski definition) is 4. The topological polar surface area (TPSA) is 113 Å². The van der Waals surface area contributed by atoms with Gasteiger partial charge in [-0.3, -0.25) is 9.52 Å². The molecule has 0 unspecified atom stereocenters. The van der Waals surface area contributed by atoms with E-state index in [1.807, 2.05) is 4.72 Å². The average Bonchev–Trinajstić information content (AvgIpc) is 2.95. The van der Waals surface area contributed by atoms with Crippen LogP contribution in [0.5, 0.6) is 0 Å². The van der Waals surface area contributed by atoms with Crippen molar-refractivity contribution in [2.24, 2.45) is 0 Å². The second-order valence-electron chi connectivity index (χ2n) is 6.02. The SMILES string of the molecule is O=C(O)c1cc(F)c(F)cc1NS(=O)(=O)c1ccc2c3c(cccc13)C(=O)N2. The van der Waals surface area contributed by atoms with Crippen molar-refractivity contribution in [2.45, 2.75) is 4.90 Å². The number of halogens is 2. The fourth-order valence-corrected chi connectivity index (χ4v) is 4.38. The van der Waals surface area contributed by atoms with Crippen LogP contribution in [0, 0.1) is 11.6 Å². The normalized spacial score (nSPS) is 12.9. The molecule has 1 aliphatic heterocycles. The molecule has 7 nitrogen and oxygen atoms in total. The largest absolute Gasteiger partial charge is 0.478 e. The molecule has 1 amide bonds. The molecule has 0 saturated carbocycles. The van der Waals surface area contributed by atoms with Gasteiger partial charge in [-0.15, -0.1) is 0 Å². The maximum absolute atomic E-state index is 13.6. The second kappa shape index (κ2) is 5.99. The van der Waals surface area contributed by atoms with Gasteiger partial charge in [0.1, 0.15) is 0 Å². The first-order chi connectivity index (χ1) is 13.2. The fraction of sp³-hybridized carbons (Fsp3) is 0. The highest BCUT2D eigenvalue weighted by Gasteiger charge is 2.27. The second-order valence-corrected chi connectivity index (χ2v) is 7.67. The Balaban J connectivity index is 1.88. The van der Waals surface area contributed by atoms with Gasteiger partial charge in [0.05, 0.1) is 16.1 Å². The fourth-order valence-electron chi connectivity index (χ4n) is 3.11. The Morgan fingerprint density at radius 1 is 1.07 bits per heavy atom. The first-order valence-corrected chi connectivity index (χ1v) is 9.29. The monoisotopic (exact) mass is 404 g/mol.